The number of hydrogen-bond donors (Lipinski definition) is 0. The standard InChI is InChI=1S/C22H20N2O4/c1-27-17-10-5-9-16(13-17)20-14-18(23-28-20)22(26)24-12-6-11-19(24)21(25)15-7-3-2-4-8-15/h2-5,7-10,13-14,19H,6,11-12H2,1H3. The summed E-state index contributed by atoms with van der Waals surface area (Å²) < 4.78 is 10.6. The highest BCUT2D eigenvalue weighted by molar-refractivity contribution is 6.04. The van der Waals surface area contributed by atoms with Crippen LogP contribution in [0.15, 0.2) is 65.2 Å². The SMILES string of the molecule is COc1cccc(-c2cc(C(=O)N3CCCC3C(=O)c3ccccc3)no2)c1. The fraction of sp³-hybridized carbons (Fsp3) is 0.227. The number of nitrogens with zero attached hydrogens (tertiary/aromatic N) is 2. The highest BCUT2D eigenvalue weighted by atomic mass is 16.5. The van der Waals surface area contributed by atoms with Gasteiger partial charge in [0.05, 0.1) is 13.2 Å². The van der Waals surface area contributed by atoms with E-state index >= 15 is 0 Å². The van der Waals surface area contributed by atoms with Gasteiger partial charge in [0.15, 0.2) is 17.2 Å². The number of benzene rings is 2. The summed E-state index contributed by atoms with van der Waals surface area (Å²) in [5, 5.41) is 3.94. The van der Waals surface area contributed by atoms with Gasteiger partial charge in [0.2, 0.25) is 0 Å². The number of carbonyl (C=O) groups excluding carboxylic acids is 2. The van der Waals surface area contributed by atoms with E-state index < -0.39 is 6.04 Å². The number of aromatic nitrogens is 1. The first-order valence-electron chi connectivity index (χ1n) is 9.19. The monoisotopic (exact) mass is 376 g/mol. The maximum Gasteiger partial charge on any atom is 0.276 e. The fourth-order valence-electron chi connectivity index (χ4n) is 3.51. The summed E-state index contributed by atoms with van der Waals surface area (Å²) in [6.45, 7) is 0.531. The van der Waals surface area contributed by atoms with Crippen molar-refractivity contribution in [2.45, 2.75) is 18.9 Å². The number of amides is 1. The first kappa shape index (κ1) is 18.0. The van der Waals surface area contributed by atoms with Crippen LogP contribution in [0.4, 0.5) is 0 Å². The Labute approximate surface area is 162 Å². The first-order chi connectivity index (χ1) is 13.7. The summed E-state index contributed by atoms with van der Waals surface area (Å²) in [6, 6.07) is 17.6. The minimum absolute atomic E-state index is 0.0389. The predicted molar refractivity (Wildman–Crippen MR) is 103 cm³/mol. The molecule has 1 atom stereocenters. The molecule has 6 nitrogen and oxygen atoms in total. The molecule has 142 valence electrons. The van der Waals surface area contributed by atoms with Gasteiger partial charge in [-0.15, -0.1) is 0 Å². The van der Waals surface area contributed by atoms with Crippen LogP contribution in [-0.2, 0) is 0 Å². The van der Waals surface area contributed by atoms with E-state index in [1.807, 2.05) is 42.5 Å². The van der Waals surface area contributed by atoms with Gasteiger partial charge in [-0.1, -0.05) is 47.6 Å². The molecule has 1 fully saturated rings. The van der Waals surface area contributed by atoms with E-state index in [2.05, 4.69) is 5.16 Å². The maximum atomic E-state index is 13.0. The zero-order valence-corrected chi connectivity index (χ0v) is 15.5. The molecule has 0 bridgehead atoms. The van der Waals surface area contributed by atoms with Gasteiger partial charge in [-0.05, 0) is 25.0 Å². The Balaban J connectivity index is 1.55. The van der Waals surface area contributed by atoms with Crippen LogP contribution in [-0.4, -0.2) is 41.4 Å². The Morgan fingerprint density at radius 3 is 2.71 bits per heavy atom. The van der Waals surface area contributed by atoms with E-state index in [0.717, 1.165) is 12.0 Å². The highest BCUT2D eigenvalue weighted by Crippen LogP contribution is 2.27. The lowest BCUT2D eigenvalue weighted by atomic mass is 10.0. The van der Waals surface area contributed by atoms with E-state index in [4.69, 9.17) is 9.26 Å². The number of hydrogen-bond acceptors (Lipinski definition) is 5. The van der Waals surface area contributed by atoms with E-state index in [9.17, 15) is 9.59 Å². The van der Waals surface area contributed by atoms with Crippen molar-refractivity contribution in [1.82, 2.24) is 10.1 Å². The van der Waals surface area contributed by atoms with Gasteiger partial charge < -0.3 is 14.2 Å². The number of rotatable bonds is 5. The average Bonchev–Trinajstić information content (AvgIpc) is 3.43. The molecule has 1 amide bonds. The quantitative estimate of drug-likeness (QED) is 0.633. The number of methoxy groups -OCH3 is 1. The molecular weight excluding hydrogens is 356 g/mol. The van der Waals surface area contributed by atoms with Gasteiger partial charge in [0.25, 0.3) is 5.91 Å². The number of ketones is 1. The van der Waals surface area contributed by atoms with Crippen LogP contribution in [0, 0.1) is 0 Å². The van der Waals surface area contributed by atoms with Gasteiger partial charge in [-0.25, -0.2) is 0 Å². The predicted octanol–water partition coefficient (Wildman–Crippen LogP) is 3.84. The lowest BCUT2D eigenvalue weighted by Crippen LogP contribution is -2.40. The normalized spacial score (nSPS) is 16.2. The molecule has 0 spiro atoms. The van der Waals surface area contributed by atoms with E-state index in [1.165, 1.54) is 0 Å². The molecular formula is C22H20N2O4. The molecule has 1 aromatic heterocycles. The van der Waals surface area contributed by atoms with Crippen molar-refractivity contribution in [1.29, 1.82) is 0 Å². The Morgan fingerprint density at radius 2 is 1.93 bits per heavy atom. The zero-order chi connectivity index (χ0) is 19.5. The molecule has 28 heavy (non-hydrogen) atoms. The highest BCUT2D eigenvalue weighted by Gasteiger charge is 2.36. The summed E-state index contributed by atoms with van der Waals surface area (Å²) >= 11 is 0. The van der Waals surface area contributed by atoms with Crippen molar-refractivity contribution in [3.8, 4) is 17.1 Å². The van der Waals surface area contributed by atoms with Crippen LogP contribution in [0.1, 0.15) is 33.7 Å². The van der Waals surface area contributed by atoms with Gasteiger partial charge in [0.1, 0.15) is 5.75 Å². The van der Waals surface area contributed by atoms with Crippen molar-refractivity contribution in [2.24, 2.45) is 0 Å². The Kier molecular flexibility index (Phi) is 4.93. The molecule has 0 N–H and O–H groups in total. The van der Waals surface area contributed by atoms with Crippen LogP contribution in [0.2, 0.25) is 0 Å². The smallest absolute Gasteiger partial charge is 0.276 e. The molecule has 3 aromatic rings. The van der Waals surface area contributed by atoms with Crippen molar-refractivity contribution in [2.75, 3.05) is 13.7 Å². The van der Waals surface area contributed by atoms with E-state index in [1.54, 1.807) is 30.2 Å². The summed E-state index contributed by atoms with van der Waals surface area (Å²) in [7, 11) is 1.59. The molecule has 1 unspecified atom stereocenters. The summed E-state index contributed by atoms with van der Waals surface area (Å²) in [6.07, 6.45) is 1.44. The third-order valence-electron chi connectivity index (χ3n) is 4.96. The van der Waals surface area contributed by atoms with E-state index in [0.29, 0.717) is 30.0 Å². The largest absolute Gasteiger partial charge is 0.497 e. The second-order valence-electron chi connectivity index (χ2n) is 6.70. The topological polar surface area (TPSA) is 72.6 Å². The molecule has 4 rings (SSSR count). The zero-order valence-electron chi connectivity index (χ0n) is 15.5. The molecule has 0 aliphatic carbocycles. The summed E-state index contributed by atoms with van der Waals surface area (Å²) in [5.41, 5.74) is 1.58. The Hall–Kier alpha value is -3.41. The number of ether oxygens (including phenoxy) is 1. The molecule has 1 aliphatic heterocycles. The third kappa shape index (κ3) is 3.41. The lowest BCUT2D eigenvalue weighted by molar-refractivity contribution is 0.0663. The lowest BCUT2D eigenvalue weighted by Gasteiger charge is -2.22. The summed E-state index contributed by atoms with van der Waals surface area (Å²) in [4.78, 5) is 27.4. The molecule has 1 saturated heterocycles. The molecule has 0 radical (unpaired) electrons. The Bertz CT molecular complexity index is 997. The van der Waals surface area contributed by atoms with Crippen molar-refractivity contribution < 1.29 is 18.8 Å². The Morgan fingerprint density at radius 1 is 1.11 bits per heavy atom. The molecule has 0 saturated carbocycles. The molecule has 2 aromatic carbocycles. The second-order valence-corrected chi connectivity index (χ2v) is 6.70. The van der Waals surface area contributed by atoms with Crippen molar-refractivity contribution in [3.05, 3.63) is 71.9 Å². The van der Waals surface area contributed by atoms with Crippen LogP contribution < -0.4 is 4.74 Å². The van der Waals surface area contributed by atoms with Gasteiger partial charge in [-0.2, -0.15) is 0 Å². The minimum Gasteiger partial charge on any atom is -0.497 e. The molecule has 2 heterocycles. The maximum absolute atomic E-state index is 13.0. The van der Waals surface area contributed by atoms with Crippen LogP contribution in [0.25, 0.3) is 11.3 Å². The number of carbonyl (C=O) groups is 2. The second kappa shape index (κ2) is 7.68. The van der Waals surface area contributed by atoms with Crippen molar-refractivity contribution in [3.63, 3.8) is 0 Å². The van der Waals surface area contributed by atoms with Crippen molar-refractivity contribution >= 4 is 11.7 Å². The fourth-order valence-corrected chi connectivity index (χ4v) is 3.51. The van der Waals surface area contributed by atoms with Crippen LogP contribution >= 0.6 is 0 Å². The van der Waals surface area contributed by atoms with Gasteiger partial charge >= 0.3 is 0 Å². The minimum atomic E-state index is -0.466. The number of Topliss-reactive ketones (excluding diaryl/α,β-unsaturated/α-hetero) is 1. The van der Waals surface area contributed by atoms with Gasteiger partial charge in [0, 0.05) is 23.7 Å². The third-order valence-corrected chi connectivity index (χ3v) is 4.96. The van der Waals surface area contributed by atoms with Crippen LogP contribution in [0.5, 0.6) is 5.75 Å². The summed E-state index contributed by atoms with van der Waals surface area (Å²) in [5.74, 6) is 0.842. The van der Waals surface area contributed by atoms with Gasteiger partial charge in [-0.3, -0.25) is 9.59 Å². The van der Waals surface area contributed by atoms with E-state index in [-0.39, 0.29) is 17.4 Å². The van der Waals surface area contributed by atoms with Crippen LogP contribution in [0.3, 0.4) is 0 Å². The first-order valence-corrected chi connectivity index (χ1v) is 9.19. The molecule has 1 aliphatic rings. The number of likely N-dealkylation sites (tertiary alicyclic amines) is 1. The molecule has 6 heteroatoms. The average molecular weight is 376 g/mol.